The number of pyridine rings is 1. The smallest absolute Gasteiger partial charge is 0.251 e. The SMILES string of the molecule is CCN(CC)S(=O)(=O)c1ccc(=O)n(CC(=O)Nc2nc3c(s2)C[C@@H](C)CC3)c1. The molecule has 1 amide bonds. The average molecular weight is 439 g/mol. The Bertz CT molecular complexity index is 1050. The number of fused-ring (bicyclic) bond motifs is 1. The van der Waals surface area contributed by atoms with Crippen LogP contribution in [0.2, 0.25) is 0 Å². The highest BCUT2D eigenvalue weighted by molar-refractivity contribution is 7.89. The summed E-state index contributed by atoms with van der Waals surface area (Å²) >= 11 is 1.47. The molecule has 158 valence electrons. The van der Waals surface area contributed by atoms with Crippen LogP contribution in [0.5, 0.6) is 0 Å². The van der Waals surface area contributed by atoms with Crippen molar-refractivity contribution in [2.45, 2.75) is 51.5 Å². The number of rotatable bonds is 7. The van der Waals surface area contributed by atoms with E-state index in [1.54, 1.807) is 13.8 Å². The van der Waals surface area contributed by atoms with E-state index in [-0.39, 0.29) is 11.4 Å². The molecule has 0 radical (unpaired) electrons. The second kappa shape index (κ2) is 8.76. The van der Waals surface area contributed by atoms with Gasteiger partial charge in [0.15, 0.2) is 5.13 Å². The van der Waals surface area contributed by atoms with Crippen molar-refractivity contribution in [2.24, 2.45) is 5.92 Å². The Labute approximate surface area is 174 Å². The van der Waals surface area contributed by atoms with Crippen LogP contribution in [-0.4, -0.2) is 41.3 Å². The van der Waals surface area contributed by atoms with Crippen LogP contribution in [0.25, 0.3) is 0 Å². The van der Waals surface area contributed by atoms with Crippen molar-refractivity contribution >= 4 is 32.4 Å². The van der Waals surface area contributed by atoms with Crippen molar-refractivity contribution in [3.8, 4) is 0 Å². The lowest BCUT2D eigenvalue weighted by Gasteiger charge is -2.18. The molecule has 3 rings (SSSR count). The molecule has 29 heavy (non-hydrogen) atoms. The lowest BCUT2D eigenvalue weighted by Crippen LogP contribution is -2.33. The number of amides is 1. The molecular weight excluding hydrogens is 412 g/mol. The van der Waals surface area contributed by atoms with Crippen LogP contribution in [0.3, 0.4) is 0 Å². The first-order valence-electron chi connectivity index (χ1n) is 9.73. The summed E-state index contributed by atoms with van der Waals surface area (Å²) < 4.78 is 27.8. The van der Waals surface area contributed by atoms with Crippen LogP contribution in [0.4, 0.5) is 5.13 Å². The van der Waals surface area contributed by atoms with Crippen LogP contribution in [-0.2, 0) is 34.2 Å². The van der Waals surface area contributed by atoms with Crippen molar-refractivity contribution in [3.63, 3.8) is 0 Å². The molecule has 0 saturated carbocycles. The molecule has 1 aliphatic carbocycles. The molecule has 0 fully saturated rings. The van der Waals surface area contributed by atoms with Crippen molar-refractivity contribution in [3.05, 3.63) is 39.3 Å². The highest BCUT2D eigenvalue weighted by Crippen LogP contribution is 2.32. The molecule has 2 heterocycles. The molecule has 10 heteroatoms. The number of anilines is 1. The topological polar surface area (TPSA) is 101 Å². The van der Waals surface area contributed by atoms with Crippen LogP contribution in [0, 0.1) is 5.92 Å². The highest BCUT2D eigenvalue weighted by Gasteiger charge is 2.23. The number of hydrogen-bond acceptors (Lipinski definition) is 6. The molecule has 2 aromatic heterocycles. The molecule has 0 spiro atoms. The van der Waals surface area contributed by atoms with Gasteiger partial charge in [0.25, 0.3) is 5.56 Å². The number of nitrogens with one attached hydrogen (secondary N) is 1. The highest BCUT2D eigenvalue weighted by atomic mass is 32.2. The van der Waals surface area contributed by atoms with Crippen molar-refractivity contribution in [2.75, 3.05) is 18.4 Å². The minimum absolute atomic E-state index is 0.00713. The molecule has 1 atom stereocenters. The second-order valence-electron chi connectivity index (χ2n) is 7.21. The van der Waals surface area contributed by atoms with Gasteiger partial charge in [0.1, 0.15) is 6.54 Å². The summed E-state index contributed by atoms with van der Waals surface area (Å²) in [5.41, 5.74) is 0.596. The molecule has 0 bridgehead atoms. The summed E-state index contributed by atoms with van der Waals surface area (Å²) in [6, 6.07) is 2.45. The fraction of sp³-hybridized carbons (Fsp3) is 0.526. The largest absolute Gasteiger partial charge is 0.305 e. The van der Waals surface area contributed by atoms with E-state index < -0.39 is 21.5 Å². The Kier molecular flexibility index (Phi) is 6.55. The van der Waals surface area contributed by atoms with Crippen LogP contribution in [0.15, 0.2) is 28.0 Å². The van der Waals surface area contributed by atoms with Gasteiger partial charge in [0.05, 0.1) is 10.6 Å². The van der Waals surface area contributed by atoms with E-state index in [1.807, 2.05) is 0 Å². The van der Waals surface area contributed by atoms with Crippen LogP contribution >= 0.6 is 11.3 Å². The summed E-state index contributed by atoms with van der Waals surface area (Å²) in [4.78, 5) is 30.3. The Morgan fingerprint density at radius 2 is 2.07 bits per heavy atom. The number of thiazole rings is 1. The number of carbonyl (C=O) groups is 1. The summed E-state index contributed by atoms with van der Waals surface area (Å²) in [7, 11) is -3.71. The maximum Gasteiger partial charge on any atom is 0.251 e. The second-order valence-corrected chi connectivity index (χ2v) is 10.2. The Morgan fingerprint density at radius 1 is 1.34 bits per heavy atom. The molecule has 0 unspecified atom stereocenters. The number of hydrogen-bond donors (Lipinski definition) is 1. The standard InChI is InChI=1S/C19H26N4O4S2/c1-4-23(5-2)29(26,27)14-7-9-18(25)22(11-14)12-17(24)21-19-20-15-8-6-13(3)10-16(15)28-19/h7,9,11,13H,4-6,8,10,12H2,1-3H3,(H,20,21,24)/t13-/m0/s1. The van der Waals surface area contributed by atoms with Crippen molar-refractivity contribution in [1.29, 1.82) is 0 Å². The van der Waals surface area contributed by atoms with E-state index in [0.29, 0.717) is 24.1 Å². The van der Waals surface area contributed by atoms with E-state index in [2.05, 4.69) is 17.2 Å². The number of nitrogens with zero attached hydrogens (tertiary/aromatic N) is 3. The Balaban J connectivity index is 1.76. The zero-order valence-corrected chi connectivity index (χ0v) is 18.5. The number of carbonyl (C=O) groups excluding carboxylic acids is 1. The monoisotopic (exact) mass is 438 g/mol. The van der Waals surface area contributed by atoms with Crippen LogP contribution in [0.1, 0.15) is 37.8 Å². The summed E-state index contributed by atoms with van der Waals surface area (Å²) in [5.74, 6) is 0.198. The van der Waals surface area contributed by atoms with Crippen molar-refractivity contribution in [1.82, 2.24) is 13.9 Å². The zero-order valence-electron chi connectivity index (χ0n) is 16.8. The number of aromatic nitrogens is 2. The molecule has 8 nitrogen and oxygen atoms in total. The quantitative estimate of drug-likeness (QED) is 0.713. The Morgan fingerprint density at radius 3 is 2.76 bits per heavy atom. The molecule has 0 saturated heterocycles. The fourth-order valence-electron chi connectivity index (χ4n) is 3.40. The van der Waals surface area contributed by atoms with Gasteiger partial charge in [0.2, 0.25) is 15.9 Å². The molecule has 0 aromatic carbocycles. The minimum Gasteiger partial charge on any atom is -0.305 e. The lowest BCUT2D eigenvalue weighted by atomic mass is 9.93. The van der Waals surface area contributed by atoms with Gasteiger partial charge in [-0.25, -0.2) is 13.4 Å². The molecule has 1 aliphatic rings. The maximum absolute atomic E-state index is 12.7. The van der Waals surface area contributed by atoms with Gasteiger partial charge in [-0.15, -0.1) is 11.3 Å². The molecule has 2 aromatic rings. The van der Waals surface area contributed by atoms with E-state index in [1.165, 1.54) is 38.8 Å². The van der Waals surface area contributed by atoms with E-state index >= 15 is 0 Å². The maximum atomic E-state index is 12.7. The zero-order chi connectivity index (χ0) is 21.2. The third kappa shape index (κ3) is 4.76. The third-order valence-corrected chi connectivity index (χ3v) is 8.11. The van der Waals surface area contributed by atoms with Gasteiger partial charge < -0.3 is 9.88 Å². The first-order chi connectivity index (χ1) is 13.7. The van der Waals surface area contributed by atoms with E-state index in [4.69, 9.17) is 0 Å². The fourth-order valence-corrected chi connectivity index (χ4v) is 6.07. The number of aryl methyl sites for hydroxylation is 1. The average Bonchev–Trinajstić information content (AvgIpc) is 3.05. The van der Waals surface area contributed by atoms with Crippen LogP contribution < -0.4 is 10.9 Å². The minimum atomic E-state index is -3.71. The van der Waals surface area contributed by atoms with Gasteiger partial charge in [-0.1, -0.05) is 20.8 Å². The van der Waals surface area contributed by atoms with Gasteiger partial charge in [-0.05, 0) is 31.2 Å². The molecule has 0 aliphatic heterocycles. The first-order valence-corrected chi connectivity index (χ1v) is 12.0. The Hall–Kier alpha value is -2.04. The predicted molar refractivity (Wildman–Crippen MR) is 113 cm³/mol. The van der Waals surface area contributed by atoms with E-state index in [9.17, 15) is 18.0 Å². The predicted octanol–water partition coefficient (Wildman–Crippen LogP) is 2.10. The third-order valence-electron chi connectivity index (χ3n) is 5.05. The molecule has 1 N–H and O–H groups in total. The van der Waals surface area contributed by atoms with Crippen molar-refractivity contribution < 1.29 is 13.2 Å². The van der Waals surface area contributed by atoms with Gasteiger partial charge in [0, 0.05) is 30.2 Å². The number of sulfonamides is 1. The summed E-state index contributed by atoms with van der Waals surface area (Å²) in [5, 5.41) is 3.26. The lowest BCUT2D eigenvalue weighted by molar-refractivity contribution is -0.116. The summed E-state index contributed by atoms with van der Waals surface area (Å²) in [6.07, 6.45) is 4.19. The normalized spacial score (nSPS) is 16.6. The van der Waals surface area contributed by atoms with Gasteiger partial charge >= 0.3 is 0 Å². The molecular formula is C19H26N4O4S2. The summed E-state index contributed by atoms with van der Waals surface area (Å²) in [6.45, 7) is 6.07. The first kappa shape index (κ1) is 21.7. The van der Waals surface area contributed by atoms with Gasteiger partial charge in [-0.2, -0.15) is 4.31 Å². The van der Waals surface area contributed by atoms with Gasteiger partial charge in [-0.3, -0.25) is 9.59 Å². The van der Waals surface area contributed by atoms with E-state index in [0.717, 1.165) is 29.5 Å².